The molecule has 3 heteroatoms. The van der Waals surface area contributed by atoms with Gasteiger partial charge in [0.05, 0.1) is 0 Å². The maximum Gasteiger partial charge on any atom is 0.189 e. The Balaban J connectivity index is 0.000000747. The monoisotopic (exact) mass is 645 g/mol. The van der Waals surface area contributed by atoms with Crippen molar-refractivity contribution < 1.29 is 9.59 Å². The van der Waals surface area contributed by atoms with Crippen LogP contribution in [0.5, 0.6) is 0 Å². The molecule has 6 aromatic rings. The molecule has 248 valence electrons. The minimum Gasteiger partial charge on any atom is -0.333 e. The molecule has 0 amide bonds. The molecule has 0 unspecified atom stereocenters. The second-order valence-electron chi connectivity index (χ2n) is 11.9. The zero-order chi connectivity index (χ0) is 35.8. The quantitative estimate of drug-likeness (QED) is 0.0878. The van der Waals surface area contributed by atoms with Crippen LogP contribution in [0.4, 0.5) is 0 Å². The first-order valence-corrected chi connectivity index (χ1v) is 16.5. The lowest BCUT2D eigenvalue weighted by Crippen LogP contribution is -2.05. The number of rotatable bonds is 5. The standard InChI is InChI=1S/C39H28O2.C4H10.C2H4.CH5N/c1-27(39(41)38-25-32-14-10-9-13-31(32)24-35(38)26-40)21-28-17-20-37-33(22-28)15-5-3-2-4-6-16-36(37)34-19-18-29-11-7-8-12-30(29)23-34;1-4(2)3;2*1-2/h2-26H,1H3;4H,1-3H3;1-2H2;2H2,1H3/b3-2?,4-2?,5-3?,6-4?,15-5?,16-6?,27-21-,33-15?,36-16?,37-36?;;;. The summed E-state index contributed by atoms with van der Waals surface area (Å²) in [6.45, 7) is 14.3. The van der Waals surface area contributed by atoms with Gasteiger partial charge in [0.25, 0.3) is 0 Å². The molecule has 0 atom stereocenters. The number of carbonyl (C=O) groups excluding carboxylic acids is 2. The van der Waals surface area contributed by atoms with Crippen molar-refractivity contribution in [1.82, 2.24) is 0 Å². The third kappa shape index (κ3) is 10.2. The van der Waals surface area contributed by atoms with Crippen molar-refractivity contribution in [1.29, 1.82) is 0 Å². The molecule has 0 aromatic heterocycles. The largest absolute Gasteiger partial charge is 0.333 e. The predicted octanol–water partition coefficient (Wildman–Crippen LogP) is 12.1. The summed E-state index contributed by atoms with van der Waals surface area (Å²) in [7, 11) is 1.50. The minimum atomic E-state index is -0.154. The van der Waals surface area contributed by atoms with Gasteiger partial charge in [-0.3, -0.25) is 9.59 Å². The van der Waals surface area contributed by atoms with E-state index in [1.54, 1.807) is 6.07 Å². The Kier molecular flexibility index (Phi) is 14.9. The van der Waals surface area contributed by atoms with E-state index >= 15 is 0 Å². The summed E-state index contributed by atoms with van der Waals surface area (Å²) in [4.78, 5) is 25.4. The van der Waals surface area contributed by atoms with Crippen molar-refractivity contribution in [2.45, 2.75) is 27.7 Å². The predicted molar refractivity (Wildman–Crippen MR) is 214 cm³/mol. The highest BCUT2D eigenvalue weighted by Gasteiger charge is 2.15. The number of carbonyl (C=O) groups is 2. The Bertz CT molecular complexity index is 2120. The number of nitrogens with two attached hydrogens (primary N) is 1. The highest BCUT2D eigenvalue weighted by molar-refractivity contribution is 6.16. The minimum absolute atomic E-state index is 0.154. The van der Waals surface area contributed by atoms with Gasteiger partial charge in [-0.25, -0.2) is 0 Å². The topological polar surface area (TPSA) is 60.2 Å². The molecule has 6 rings (SSSR count). The molecule has 0 aliphatic heterocycles. The Hall–Kier alpha value is -5.64. The fourth-order valence-electron chi connectivity index (χ4n) is 5.34. The van der Waals surface area contributed by atoms with Crippen molar-refractivity contribution >= 4 is 50.5 Å². The summed E-state index contributed by atoms with van der Waals surface area (Å²) in [6.07, 6.45) is 2.66. The summed E-state index contributed by atoms with van der Waals surface area (Å²) in [5, 5.41) is 6.43. The molecule has 0 bridgehead atoms. The van der Waals surface area contributed by atoms with Crippen molar-refractivity contribution in [3.8, 4) is 11.1 Å². The van der Waals surface area contributed by atoms with Crippen molar-refractivity contribution in [3.05, 3.63) is 175 Å². The van der Waals surface area contributed by atoms with E-state index in [-0.39, 0.29) is 5.78 Å². The van der Waals surface area contributed by atoms with E-state index in [1.807, 2.05) is 73.7 Å². The Morgan fingerprint density at radius 1 is 0.612 bits per heavy atom. The van der Waals surface area contributed by atoms with Gasteiger partial charge in [0, 0.05) is 11.1 Å². The second-order valence-corrected chi connectivity index (χ2v) is 11.9. The van der Waals surface area contributed by atoms with E-state index < -0.39 is 0 Å². The molecule has 3 nitrogen and oxygen atoms in total. The zero-order valence-corrected chi connectivity index (χ0v) is 29.3. The summed E-state index contributed by atoms with van der Waals surface area (Å²) in [6, 6.07) is 47.0. The van der Waals surface area contributed by atoms with Gasteiger partial charge in [0.1, 0.15) is 0 Å². The first-order chi connectivity index (χ1) is 23.8. The lowest BCUT2D eigenvalue weighted by molar-refractivity contribution is 0.102. The van der Waals surface area contributed by atoms with Crippen LogP contribution in [0, 0.1) is 5.92 Å². The lowest BCUT2D eigenvalue weighted by Gasteiger charge is -2.09. The van der Waals surface area contributed by atoms with Gasteiger partial charge in [0.2, 0.25) is 0 Å². The average Bonchev–Trinajstić information content (AvgIpc) is 3.13. The van der Waals surface area contributed by atoms with Gasteiger partial charge in [-0.2, -0.15) is 0 Å². The molecular weight excluding hydrogens is 599 g/mol. The first kappa shape index (κ1) is 37.8. The van der Waals surface area contributed by atoms with Gasteiger partial charge in [-0.05, 0) is 105 Å². The van der Waals surface area contributed by atoms with Crippen LogP contribution in [0.15, 0.2) is 158 Å². The lowest BCUT2D eigenvalue weighted by atomic mass is 9.94. The van der Waals surface area contributed by atoms with Crippen molar-refractivity contribution in [2.75, 3.05) is 7.05 Å². The highest BCUT2D eigenvalue weighted by Crippen LogP contribution is 2.31. The van der Waals surface area contributed by atoms with Crippen molar-refractivity contribution in [2.24, 2.45) is 11.7 Å². The van der Waals surface area contributed by atoms with Crippen LogP contribution < -0.4 is 5.73 Å². The molecule has 0 heterocycles. The van der Waals surface area contributed by atoms with E-state index in [2.05, 4.69) is 112 Å². The Labute approximate surface area is 291 Å². The van der Waals surface area contributed by atoms with Crippen LogP contribution in [0.1, 0.15) is 54.0 Å². The summed E-state index contributed by atoms with van der Waals surface area (Å²) < 4.78 is 0. The van der Waals surface area contributed by atoms with Gasteiger partial charge in [-0.1, -0.05) is 136 Å². The maximum absolute atomic E-state index is 13.5. The molecule has 0 radical (unpaired) electrons. The first-order valence-electron chi connectivity index (χ1n) is 16.5. The van der Waals surface area contributed by atoms with Crippen LogP contribution in [0.25, 0.3) is 49.5 Å². The van der Waals surface area contributed by atoms with Crippen LogP contribution in [-0.2, 0) is 0 Å². The Morgan fingerprint density at radius 2 is 1.12 bits per heavy atom. The van der Waals surface area contributed by atoms with E-state index in [4.69, 9.17) is 0 Å². The normalized spacial score (nSPS) is 10.5. The van der Waals surface area contributed by atoms with Gasteiger partial charge < -0.3 is 5.73 Å². The van der Waals surface area contributed by atoms with Crippen molar-refractivity contribution in [3.63, 3.8) is 0 Å². The van der Waals surface area contributed by atoms with Crippen LogP contribution >= 0.6 is 0 Å². The molecular formula is C46H47NO2. The van der Waals surface area contributed by atoms with Crippen LogP contribution in [-0.4, -0.2) is 19.1 Å². The number of ketones is 1. The molecule has 0 aliphatic rings. The Morgan fingerprint density at radius 3 is 1.76 bits per heavy atom. The fraction of sp³-hybridized carbons (Fsp3) is 0.130. The number of benzene rings is 5. The number of allylic oxidation sites excluding steroid dienone is 1. The maximum atomic E-state index is 13.5. The van der Waals surface area contributed by atoms with E-state index in [1.165, 1.54) is 17.8 Å². The molecule has 49 heavy (non-hydrogen) atoms. The number of hydrogen-bond donors (Lipinski definition) is 1. The fourth-order valence-corrected chi connectivity index (χ4v) is 5.34. The smallest absolute Gasteiger partial charge is 0.189 e. The number of hydrogen-bond acceptors (Lipinski definition) is 3. The molecule has 0 aliphatic carbocycles. The van der Waals surface area contributed by atoms with E-state index in [0.29, 0.717) is 16.7 Å². The molecule has 6 aromatic carbocycles. The molecule has 0 saturated carbocycles. The summed E-state index contributed by atoms with van der Waals surface area (Å²) >= 11 is 0. The van der Waals surface area contributed by atoms with E-state index in [9.17, 15) is 9.59 Å². The third-order valence-electron chi connectivity index (χ3n) is 7.44. The van der Waals surface area contributed by atoms with Gasteiger partial charge >= 0.3 is 0 Å². The third-order valence-corrected chi connectivity index (χ3v) is 7.44. The zero-order valence-electron chi connectivity index (χ0n) is 29.3. The number of Topliss-reactive ketones (excluding diaryl/α,β-unsaturated/α-hetero) is 1. The van der Waals surface area contributed by atoms with Gasteiger partial charge in [-0.15, -0.1) is 13.2 Å². The van der Waals surface area contributed by atoms with Crippen LogP contribution in [0.2, 0.25) is 0 Å². The number of fused-ring (bicyclic) bond motifs is 3. The average molecular weight is 646 g/mol. The SMILES string of the molecule is C/C(=C/c1ccc2c(-c3ccc4ccccc4c3)cccccccc2c1)C(=O)c1cc2ccccc2cc1C=O.C=C.CC(C)C.CN. The molecule has 0 fully saturated rings. The van der Waals surface area contributed by atoms with E-state index in [0.717, 1.165) is 50.4 Å². The molecule has 0 saturated heterocycles. The second kappa shape index (κ2) is 19.2. The van der Waals surface area contributed by atoms with Gasteiger partial charge in [0.15, 0.2) is 12.1 Å². The number of aldehydes is 1. The highest BCUT2D eigenvalue weighted by atomic mass is 16.1. The summed E-state index contributed by atoms with van der Waals surface area (Å²) in [5.41, 5.74) is 9.07. The molecule has 0 spiro atoms. The summed E-state index contributed by atoms with van der Waals surface area (Å²) in [5.74, 6) is 0.679. The van der Waals surface area contributed by atoms with Crippen LogP contribution in [0.3, 0.4) is 0 Å². The molecule has 2 N–H and O–H groups in total.